The van der Waals surface area contributed by atoms with Gasteiger partial charge in [-0.2, -0.15) is 0 Å². The van der Waals surface area contributed by atoms with Crippen LogP contribution in [0.1, 0.15) is 5.56 Å². The first-order valence-corrected chi connectivity index (χ1v) is 12.6. The van der Waals surface area contributed by atoms with Gasteiger partial charge in [-0.25, -0.2) is 13.4 Å². The van der Waals surface area contributed by atoms with Gasteiger partial charge in [0, 0.05) is 22.5 Å². The Morgan fingerprint density at radius 2 is 1.69 bits per heavy atom. The maximum absolute atomic E-state index is 13.0. The second kappa shape index (κ2) is 9.44. The summed E-state index contributed by atoms with van der Waals surface area (Å²) in [5.74, 6) is 0.719. The lowest BCUT2D eigenvalue weighted by Gasteiger charge is -2.15. The number of rotatable bonds is 7. The van der Waals surface area contributed by atoms with Crippen LogP contribution in [-0.4, -0.2) is 37.7 Å². The van der Waals surface area contributed by atoms with Crippen LogP contribution in [0.3, 0.4) is 0 Å². The predicted molar refractivity (Wildman–Crippen MR) is 139 cm³/mol. The standard InChI is InChI=1S/C27H23N3O5S/c1-34-26-18(16-31)15-28-23-12-11-17(13-22(23)26)20-9-6-10-24-21(20)14-25(27(29-24)35-2)30-36(32,33)19-7-4-3-5-8-19/h3-15,30-31H,16H2,1-2H3. The Morgan fingerprint density at radius 3 is 2.42 bits per heavy atom. The fraction of sp³-hybridized carbons (Fsp3) is 0.111. The molecule has 0 aliphatic carbocycles. The van der Waals surface area contributed by atoms with Gasteiger partial charge in [0.1, 0.15) is 11.4 Å². The molecule has 0 aliphatic heterocycles. The third-order valence-corrected chi connectivity index (χ3v) is 7.27. The maximum Gasteiger partial charge on any atom is 0.262 e. The van der Waals surface area contributed by atoms with Crippen molar-refractivity contribution in [3.63, 3.8) is 0 Å². The summed E-state index contributed by atoms with van der Waals surface area (Å²) in [6.45, 7) is -0.195. The number of nitrogens with one attached hydrogen (secondary N) is 1. The van der Waals surface area contributed by atoms with Crippen molar-refractivity contribution >= 4 is 37.5 Å². The molecule has 5 rings (SSSR count). The molecule has 36 heavy (non-hydrogen) atoms. The molecule has 2 aromatic heterocycles. The molecule has 9 heteroatoms. The summed E-state index contributed by atoms with van der Waals surface area (Å²) >= 11 is 0. The molecule has 0 aliphatic rings. The molecule has 8 nitrogen and oxygen atoms in total. The van der Waals surface area contributed by atoms with E-state index < -0.39 is 10.0 Å². The average Bonchev–Trinajstić information content (AvgIpc) is 2.91. The largest absolute Gasteiger partial charge is 0.496 e. The van der Waals surface area contributed by atoms with Crippen molar-refractivity contribution in [1.29, 1.82) is 0 Å². The Kier molecular flexibility index (Phi) is 6.17. The van der Waals surface area contributed by atoms with Gasteiger partial charge in [-0.15, -0.1) is 0 Å². The second-order valence-electron chi connectivity index (χ2n) is 8.04. The molecular weight excluding hydrogens is 478 g/mol. The van der Waals surface area contributed by atoms with E-state index in [2.05, 4.69) is 14.7 Å². The highest BCUT2D eigenvalue weighted by Crippen LogP contribution is 2.37. The van der Waals surface area contributed by atoms with E-state index in [0.29, 0.717) is 16.8 Å². The van der Waals surface area contributed by atoms with Gasteiger partial charge in [-0.05, 0) is 47.5 Å². The quantitative estimate of drug-likeness (QED) is 0.331. The Labute approximate surface area is 208 Å². The van der Waals surface area contributed by atoms with Crippen LogP contribution >= 0.6 is 0 Å². The SMILES string of the molecule is COc1nc2cccc(-c3ccc4ncc(CO)c(OC)c4c3)c2cc1NS(=O)(=O)c1ccccc1. The lowest BCUT2D eigenvalue weighted by molar-refractivity contribution is 0.274. The van der Waals surface area contributed by atoms with E-state index in [4.69, 9.17) is 9.47 Å². The molecule has 0 unspecified atom stereocenters. The highest BCUT2D eigenvalue weighted by Gasteiger charge is 2.19. The van der Waals surface area contributed by atoms with Crippen molar-refractivity contribution in [2.75, 3.05) is 18.9 Å². The number of sulfonamides is 1. The molecule has 0 amide bonds. The van der Waals surface area contributed by atoms with Gasteiger partial charge < -0.3 is 14.6 Å². The molecule has 3 aromatic carbocycles. The van der Waals surface area contributed by atoms with Crippen LogP contribution in [0.25, 0.3) is 32.9 Å². The van der Waals surface area contributed by atoms with Gasteiger partial charge in [0.15, 0.2) is 0 Å². The number of hydrogen-bond acceptors (Lipinski definition) is 7. The molecular formula is C27H23N3O5S. The number of hydrogen-bond donors (Lipinski definition) is 2. The molecule has 0 fully saturated rings. The van der Waals surface area contributed by atoms with Gasteiger partial charge in [-0.3, -0.25) is 9.71 Å². The van der Waals surface area contributed by atoms with Crippen LogP contribution in [0.5, 0.6) is 11.6 Å². The van der Waals surface area contributed by atoms with Gasteiger partial charge in [0.2, 0.25) is 5.88 Å². The number of benzene rings is 3. The Balaban J connectivity index is 1.68. The van der Waals surface area contributed by atoms with E-state index in [1.54, 1.807) is 37.6 Å². The molecule has 0 atom stereocenters. The van der Waals surface area contributed by atoms with Crippen molar-refractivity contribution < 1.29 is 23.0 Å². The summed E-state index contributed by atoms with van der Waals surface area (Å²) in [4.78, 5) is 9.11. The van der Waals surface area contributed by atoms with E-state index >= 15 is 0 Å². The third-order valence-electron chi connectivity index (χ3n) is 5.89. The highest BCUT2D eigenvalue weighted by molar-refractivity contribution is 7.92. The Bertz CT molecular complexity index is 1690. The van der Waals surface area contributed by atoms with Crippen molar-refractivity contribution in [1.82, 2.24) is 9.97 Å². The van der Waals surface area contributed by atoms with E-state index in [9.17, 15) is 13.5 Å². The smallest absolute Gasteiger partial charge is 0.262 e. The number of aliphatic hydroxyl groups is 1. The maximum atomic E-state index is 13.0. The van der Waals surface area contributed by atoms with Crippen LogP contribution in [0.15, 0.2) is 83.9 Å². The predicted octanol–water partition coefficient (Wildman–Crippen LogP) is 4.76. The number of anilines is 1. The summed E-state index contributed by atoms with van der Waals surface area (Å²) in [5.41, 5.74) is 3.87. The molecule has 0 saturated carbocycles. The number of pyridine rings is 2. The fourth-order valence-electron chi connectivity index (χ4n) is 4.19. The van der Waals surface area contributed by atoms with Crippen molar-refractivity contribution in [2.24, 2.45) is 0 Å². The first-order chi connectivity index (χ1) is 17.4. The number of methoxy groups -OCH3 is 2. The minimum Gasteiger partial charge on any atom is -0.496 e. The van der Waals surface area contributed by atoms with Gasteiger partial charge in [-0.1, -0.05) is 36.4 Å². The molecule has 2 heterocycles. The molecule has 5 aromatic rings. The lowest BCUT2D eigenvalue weighted by Crippen LogP contribution is -2.14. The van der Waals surface area contributed by atoms with Crippen molar-refractivity contribution in [2.45, 2.75) is 11.5 Å². The Hall–Kier alpha value is -4.21. The zero-order valence-corrected chi connectivity index (χ0v) is 20.4. The summed E-state index contributed by atoms with van der Waals surface area (Å²) in [6, 6.07) is 21.2. The second-order valence-corrected chi connectivity index (χ2v) is 9.73. The van der Waals surface area contributed by atoms with Crippen molar-refractivity contribution in [3.05, 3.63) is 84.6 Å². The van der Waals surface area contributed by atoms with E-state index in [-0.39, 0.29) is 23.1 Å². The summed E-state index contributed by atoms with van der Waals surface area (Å²) in [6.07, 6.45) is 1.60. The molecule has 2 N–H and O–H groups in total. The normalized spacial score (nSPS) is 11.5. The first kappa shape index (κ1) is 23.5. The zero-order chi connectivity index (χ0) is 25.3. The number of fused-ring (bicyclic) bond motifs is 2. The fourth-order valence-corrected chi connectivity index (χ4v) is 5.26. The van der Waals surface area contributed by atoms with Crippen LogP contribution in [-0.2, 0) is 16.6 Å². The average molecular weight is 502 g/mol. The number of aliphatic hydroxyl groups excluding tert-OH is 1. The molecule has 0 spiro atoms. The van der Waals surface area contributed by atoms with Crippen LogP contribution in [0.2, 0.25) is 0 Å². The van der Waals surface area contributed by atoms with E-state index in [1.807, 2.05) is 36.4 Å². The summed E-state index contributed by atoms with van der Waals surface area (Å²) in [5, 5.41) is 11.2. The topological polar surface area (TPSA) is 111 Å². The lowest BCUT2D eigenvalue weighted by atomic mass is 9.98. The number of aromatic nitrogens is 2. The number of nitrogens with zero attached hydrogens (tertiary/aromatic N) is 2. The van der Waals surface area contributed by atoms with Crippen LogP contribution in [0.4, 0.5) is 5.69 Å². The number of ether oxygens (including phenoxy) is 2. The van der Waals surface area contributed by atoms with Crippen LogP contribution < -0.4 is 14.2 Å². The van der Waals surface area contributed by atoms with Gasteiger partial charge >= 0.3 is 0 Å². The molecule has 0 bridgehead atoms. The summed E-state index contributed by atoms with van der Waals surface area (Å²) in [7, 11) is -0.857. The van der Waals surface area contributed by atoms with Crippen LogP contribution in [0, 0.1) is 0 Å². The molecule has 0 radical (unpaired) electrons. The first-order valence-electron chi connectivity index (χ1n) is 11.1. The minimum atomic E-state index is -3.86. The molecule has 0 saturated heterocycles. The van der Waals surface area contributed by atoms with E-state index in [0.717, 1.165) is 27.4 Å². The van der Waals surface area contributed by atoms with Gasteiger partial charge in [0.05, 0.1) is 36.8 Å². The highest BCUT2D eigenvalue weighted by atomic mass is 32.2. The van der Waals surface area contributed by atoms with Gasteiger partial charge in [0.25, 0.3) is 10.0 Å². The monoisotopic (exact) mass is 501 g/mol. The summed E-state index contributed by atoms with van der Waals surface area (Å²) < 4.78 is 39.6. The zero-order valence-electron chi connectivity index (χ0n) is 19.6. The third kappa shape index (κ3) is 4.19. The van der Waals surface area contributed by atoms with Crippen molar-refractivity contribution in [3.8, 4) is 22.8 Å². The minimum absolute atomic E-state index is 0.134. The molecule has 182 valence electrons. The van der Waals surface area contributed by atoms with E-state index in [1.165, 1.54) is 19.2 Å². The Morgan fingerprint density at radius 1 is 0.889 bits per heavy atom.